The van der Waals surface area contributed by atoms with Crippen molar-refractivity contribution >= 4 is 85.8 Å². The Morgan fingerprint density at radius 3 is 2.26 bits per heavy atom. The summed E-state index contributed by atoms with van der Waals surface area (Å²) in [5.74, 6) is -0.623. The van der Waals surface area contributed by atoms with Crippen LogP contribution in [0.4, 0.5) is 5.69 Å². The fourth-order valence-corrected chi connectivity index (χ4v) is 6.32. The van der Waals surface area contributed by atoms with Crippen LogP contribution in [-0.4, -0.2) is 33.7 Å². The number of hydrogen-bond acceptors (Lipinski definition) is 5. The summed E-state index contributed by atoms with van der Waals surface area (Å²) in [6.45, 7) is 0.0151. The lowest BCUT2D eigenvalue weighted by Crippen LogP contribution is -2.28. The van der Waals surface area contributed by atoms with Crippen LogP contribution in [0.1, 0.15) is 11.1 Å². The molecule has 1 aliphatic heterocycles. The number of nitrogens with zero attached hydrogens (tertiary/aromatic N) is 2. The van der Waals surface area contributed by atoms with Gasteiger partial charge in [0.05, 0.1) is 24.3 Å². The number of ether oxygens (including phenoxy) is 1. The third-order valence-corrected chi connectivity index (χ3v) is 7.32. The summed E-state index contributed by atoms with van der Waals surface area (Å²) >= 11 is 5.56. The van der Waals surface area contributed by atoms with E-state index in [9.17, 15) is 9.59 Å². The molecule has 0 bridgehead atoms. The number of carboxylic acids is 1. The molecule has 1 amide bonds. The number of halogens is 2. The molecule has 34 heavy (non-hydrogen) atoms. The largest absolute Gasteiger partial charge is 0.480 e. The van der Waals surface area contributed by atoms with E-state index in [-0.39, 0.29) is 5.91 Å². The van der Waals surface area contributed by atoms with Crippen LogP contribution in [0.25, 0.3) is 6.08 Å². The zero-order chi connectivity index (χ0) is 24.1. The second-order valence-corrected chi connectivity index (χ2v) is 10.5. The Labute approximate surface area is 228 Å². The summed E-state index contributed by atoms with van der Waals surface area (Å²) in [6.07, 6.45) is 1.84. The Morgan fingerprint density at radius 2 is 1.65 bits per heavy atom. The molecule has 4 rings (SSSR count). The van der Waals surface area contributed by atoms with Crippen LogP contribution in [0.15, 0.2) is 82.7 Å². The number of carbonyl (C=O) groups is 2. The van der Waals surface area contributed by atoms with Gasteiger partial charge in [-0.15, -0.1) is 0 Å². The third-order valence-electron chi connectivity index (χ3n) is 4.71. The number of para-hydroxylation sites is 1. The SMILES string of the molecule is O=C(O)COc1c(I)cc(/C=C2\SC(=Nc3ccccc3)N(Cc3ccccc3)C2=O)cc1I. The summed E-state index contributed by atoms with van der Waals surface area (Å²) in [6, 6.07) is 23.1. The number of thioether (sulfide) groups is 1. The van der Waals surface area contributed by atoms with Gasteiger partial charge in [0.1, 0.15) is 5.75 Å². The molecule has 0 aromatic heterocycles. The van der Waals surface area contributed by atoms with E-state index in [0.717, 1.165) is 24.0 Å². The van der Waals surface area contributed by atoms with Gasteiger partial charge in [-0.1, -0.05) is 48.5 Å². The van der Waals surface area contributed by atoms with E-state index in [0.29, 0.717) is 22.4 Å². The highest BCUT2D eigenvalue weighted by Crippen LogP contribution is 2.36. The van der Waals surface area contributed by atoms with Crippen molar-refractivity contribution < 1.29 is 19.4 Å². The average molecular weight is 696 g/mol. The summed E-state index contributed by atoms with van der Waals surface area (Å²) in [4.78, 5) is 31.2. The van der Waals surface area contributed by atoms with E-state index in [1.807, 2.05) is 78.9 Å². The van der Waals surface area contributed by atoms with Crippen LogP contribution < -0.4 is 4.74 Å². The first-order valence-electron chi connectivity index (χ1n) is 10.1. The van der Waals surface area contributed by atoms with Crippen LogP contribution in [0.3, 0.4) is 0 Å². The lowest BCUT2D eigenvalue weighted by atomic mass is 10.2. The number of amidine groups is 1. The molecule has 172 valence electrons. The molecule has 1 fully saturated rings. The second kappa shape index (κ2) is 11.4. The number of amides is 1. The van der Waals surface area contributed by atoms with Gasteiger partial charge < -0.3 is 9.84 Å². The van der Waals surface area contributed by atoms with Gasteiger partial charge in [-0.3, -0.25) is 9.69 Å². The van der Waals surface area contributed by atoms with Gasteiger partial charge in [0.25, 0.3) is 5.91 Å². The molecular formula is C25H18I2N2O4S. The lowest BCUT2D eigenvalue weighted by Gasteiger charge is -2.15. The second-order valence-electron chi connectivity index (χ2n) is 7.21. The Bertz CT molecular complexity index is 1260. The zero-order valence-electron chi connectivity index (χ0n) is 17.7. The first-order valence-corrected chi connectivity index (χ1v) is 13.1. The highest BCUT2D eigenvalue weighted by molar-refractivity contribution is 14.1. The smallest absolute Gasteiger partial charge is 0.341 e. The molecule has 0 unspecified atom stereocenters. The van der Waals surface area contributed by atoms with Crippen molar-refractivity contribution in [3.63, 3.8) is 0 Å². The molecule has 1 heterocycles. The molecule has 3 aromatic rings. The van der Waals surface area contributed by atoms with Gasteiger partial charge in [-0.2, -0.15) is 0 Å². The topological polar surface area (TPSA) is 79.2 Å². The van der Waals surface area contributed by atoms with Gasteiger partial charge in [-0.05, 0) is 98.4 Å². The molecule has 0 saturated carbocycles. The molecule has 6 nitrogen and oxygen atoms in total. The first kappa shape index (κ1) is 24.7. The standard InChI is InChI=1S/C25H18I2N2O4S/c26-19-11-17(12-20(27)23(19)33-15-22(30)31)13-21-24(32)29(14-16-7-3-1-4-8-16)25(34-21)28-18-9-5-2-6-10-18/h1-13H,14-15H2,(H,30,31)/b21-13-,28-25?. The van der Waals surface area contributed by atoms with E-state index in [4.69, 9.17) is 14.8 Å². The Hall–Kier alpha value is -2.38. The van der Waals surface area contributed by atoms with Gasteiger partial charge >= 0.3 is 5.97 Å². The van der Waals surface area contributed by atoms with Gasteiger partial charge in [0, 0.05) is 0 Å². The van der Waals surface area contributed by atoms with E-state index in [2.05, 4.69) is 45.2 Å². The van der Waals surface area contributed by atoms with Crippen LogP contribution in [0.2, 0.25) is 0 Å². The molecule has 1 N–H and O–H groups in total. The van der Waals surface area contributed by atoms with Crippen molar-refractivity contribution in [3.8, 4) is 5.75 Å². The molecule has 1 aliphatic rings. The summed E-state index contributed by atoms with van der Waals surface area (Å²) in [5, 5.41) is 9.52. The summed E-state index contributed by atoms with van der Waals surface area (Å²) < 4.78 is 6.95. The minimum atomic E-state index is -1.03. The Balaban J connectivity index is 1.66. The normalized spacial score (nSPS) is 15.8. The van der Waals surface area contributed by atoms with Crippen molar-refractivity contribution in [2.45, 2.75) is 6.54 Å². The van der Waals surface area contributed by atoms with Crippen molar-refractivity contribution in [3.05, 3.63) is 96.0 Å². The van der Waals surface area contributed by atoms with Crippen LogP contribution in [-0.2, 0) is 16.1 Å². The molecule has 1 saturated heterocycles. The van der Waals surface area contributed by atoms with Crippen LogP contribution in [0.5, 0.6) is 5.75 Å². The predicted octanol–water partition coefficient (Wildman–Crippen LogP) is 6.16. The first-order chi connectivity index (χ1) is 16.4. The van der Waals surface area contributed by atoms with Crippen molar-refractivity contribution in [2.24, 2.45) is 4.99 Å². The monoisotopic (exact) mass is 696 g/mol. The fraction of sp³-hybridized carbons (Fsp3) is 0.0800. The quantitative estimate of drug-likeness (QED) is 0.237. The van der Waals surface area contributed by atoms with Gasteiger partial charge in [-0.25, -0.2) is 9.79 Å². The zero-order valence-corrected chi connectivity index (χ0v) is 22.8. The summed E-state index contributed by atoms with van der Waals surface area (Å²) in [5.41, 5.74) is 2.62. The number of benzene rings is 3. The molecular weight excluding hydrogens is 678 g/mol. The average Bonchev–Trinajstić information content (AvgIpc) is 3.08. The fourth-order valence-electron chi connectivity index (χ4n) is 3.20. The minimum Gasteiger partial charge on any atom is -0.480 e. The third kappa shape index (κ3) is 6.19. The maximum atomic E-state index is 13.4. The van der Waals surface area contributed by atoms with Crippen LogP contribution >= 0.6 is 56.9 Å². The number of carbonyl (C=O) groups excluding carboxylic acids is 1. The number of rotatable bonds is 7. The van der Waals surface area contributed by atoms with Crippen molar-refractivity contribution in [2.75, 3.05) is 6.61 Å². The predicted molar refractivity (Wildman–Crippen MR) is 151 cm³/mol. The van der Waals surface area contributed by atoms with E-state index >= 15 is 0 Å². The highest BCUT2D eigenvalue weighted by Gasteiger charge is 2.33. The minimum absolute atomic E-state index is 0.111. The van der Waals surface area contributed by atoms with E-state index < -0.39 is 12.6 Å². The highest BCUT2D eigenvalue weighted by atomic mass is 127. The van der Waals surface area contributed by atoms with E-state index in [1.165, 1.54) is 11.8 Å². The maximum absolute atomic E-state index is 13.4. The Morgan fingerprint density at radius 1 is 1.03 bits per heavy atom. The number of carboxylic acid groups (broad SMARTS) is 1. The van der Waals surface area contributed by atoms with Crippen LogP contribution in [0, 0.1) is 7.14 Å². The molecule has 0 radical (unpaired) electrons. The van der Waals surface area contributed by atoms with Gasteiger partial charge in [0.2, 0.25) is 0 Å². The lowest BCUT2D eigenvalue weighted by molar-refractivity contribution is -0.139. The molecule has 0 atom stereocenters. The number of hydrogen-bond donors (Lipinski definition) is 1. The molecule has 0 spiro atoms. The Kier molecular flexibility index (Phi) is 8.27. The maximum Gasteiger partial charge on any atom is 0.341 e. The molecule has 0 aliphatic carbocycles. The van der Waals surface area contributed by atoms with Gasteiger partial charge in [0.15, 0.2) is 11.8 Å². The molecule has 3 aromatic carbocycles. The number of aliphatic imine (C=N–C) groups is 1. The van der Waals surface area contributed by atoms with E-state index in [1.54, 1.807) is 4.90 Å². The van der Waals surface area contributed by atoms with Crippen molar-refractivity contribution in [1.82, 2.24) is 4.90 Å². The summed E-state index contributed by atoms with van der Waals surface area (Å²) in [7, 11) is 0. The van der Waals surface area contributed by atoms with Crippen molar-refractivity contribution in [1.29, 1.82) is 0 Å². The molecule has 9 heteroatoms. The number of aliphatic carboxylic acids is 1.